The van der Waals surface area contributed by atoms with Crippen molar-refractivity contribution in [3.05, 3.63) is 66.2 Å². The third kappa shape index (κ3) is 6.91. The molecule has 1 aliphatic heterocycles. The van der Waals surface area contributed by atoms with Crippen LogP contribution in [0.25, 0.3) is 11.1 Å². The molecule has 9 heteroatoms. The largest absolute Gasteiger partial charge is 0.494 e. The standard InChI is InChI=1S/C26H32N4O5/c1-27-24(31)23(25(32)28-34)29(2)26(33)21-9-7-19(8-10-21)20-11-13-22(14-12-20)35-18-6-17-30-15-4-3-5-16-30/h3-4,7-14,23,34H,5-6,15-18H2,1-2H3,(H,27,31)(H,28,32). The summed E-state index contributed by atoms with van der Waals surface area (Å²) in [5, 5.41) is 11.2. The molecule has 2 aromatic carbocycles. The zero-order chi connectivity index (χ0) is 25.2. The Kier molecular flexibility index (Phi) is 9.39. The van der Waals surface area contributed by atoms with E-state index in [2.05, 4.69) is 22.4 Å². The summed E-state index contributed by atoms with van der Waals surface area (Å²) in [6, 6.07) is 13.1. The van der Waals surface area contributed by atoms with Crippen LogP contribution in [0.2, 0.25) is 0 Å². The van der Waals surface area contributed by atoms with E-state index in [0.717, 1.165) is 54.3 Å². The van der Waals surface area contributed by atoms with Crippen LogP contribution in [-0.2, 0) is 9.59 Å². The third-order valence-corrected chi connectivity index (χ3v) is 5.91. The molecule has 35 heavy (non-hydrogen) atoms. The minimum atomic E-state index is -1.50. The maximum absolute atomic E-state index is 12.8. The molecule has 0 saturated heterocycles. The van der Waals surface area contributed by atoms with Crippen LogP contribution in [0, 0.1) is 0 Å². The number of rotatable bonds is 10. The van der Waals surface area contributed by atoms with Gasteiger partial charge in [-0.3, -0.25) is 24.5 Å². The molecule has 1 aliphatic rings. The van der Waals surface area contributed by atoms with E-state index in [4.69, 9.17) is 9.94 Å². The number of amides is 3. The van der Waals surface area contributed by atoms with Gasteiger partial charge in [0.1, 0.15) is 5.75 Å². The lowest BCUT2D eigenvalue weighted by atomic mass is 10.0. The van der Waals surface area contributed by atoms with Crippen LogP contribution in [0.3, 0.4) is 0 Å². The Morgan fingerprint density at radius 2 is 1.69 bits per heavy atom. The van der Waals surface area contributed by atoms with Crippen LogP contribution in [0.4, 0.5) is 0 Å². The summed E-state index contributed by atoms with van der Waals surface area (Å²) in [5.41, 5.74) is 3.60. The van der Waals surface area contributed by atoms with Crippen LogP contribution in [0.15, 0.2) is 60.7 Å². The van der Waals surface area contributed by atoms with E-state index in [0.29, 0.717) is 12.2 Å². The second-order valence-corrected chi connectivity index (χ2v) is 8.27. The summed E-state index contributed by atoms with van der Waals surface area (Å²) in [6.45, 7) is 3.81. The molecule has 2 aromatic rings. The smallest absolute Gasteiger partial charge is 0.275 e. The van der Waals surface area contributed by atoms with Crippen molar-refractivity contribution in [2.45, 2.75) is 18.9 Å². The lowest BCUT2D eigenvalue weighted by Gasteiger charge is -2.25. The summed E-state index contributed by atoms with van der Waals surface area (Å²) in [6.07, 6.45) is 6.52. The first-order chi connectivity index (χ1) is 16.9. The van der Waals surface area contributed by atoms with Gasteiger partial charge in [0.05, 0.1) is 6.61 Å². The fraction of sp³-hybridized carbons (Fsp3) is 0.346. The van der Waals surface area contributed by atoms with Crippen molar-refractivity contribution in [1.29, 1.82) is 0 Å². The van der Waals surface area contributed by atoms with E-state index in [-0.39, 0.29) is 0 Å². The Balaban J connectivity index is 1.56. The first-order valence-corrected chi connectivity index (χ1v) is 11.6. The molecule has 3 N–H and O–H groups in total. The minimum absolute atomic E-state index is 0.306. The molecular formula is C26H32N4O5. The number of hydroxylamine groups is 1. The van der Waals surface area contributed by atoms with Gasteiger partial charge in [-0.2, -0.15) is 0 Å². The van der Waals surface area contributed by atoms with E-state index in [9.17, 15) is 14.4 Å². The van der Waals surface area contributed by atoms with Crippen molar-refractivity contribution >= 4 is 17.7 Å². The number of hydrogen-bond acceptors (Lipinski definition) is 6. The summed E-state index contributed by atoms with van der Waals surface area (Å²) in [5.74, 6) is -1.43. The van der Waals surface area contributed by atoms with Gasteiger partial charge in [0.2, 0.25) is 0 Å². The molecule has 1 atom stereocenters. The van der Waals surface area contributed by atoms with Crippen molar-refractivity contribution in [2.75, 3.05) is 40.3 Å². The maximum Gasteiger partial charge on any atom is 0.275 e. The molecule has 3 rings (SSSR count). The Morgan fingerprint density at radius 1 is 1.03 bits per heavy atom. The number of nitrogens with one attached hydrogen (secondary N) is 2. The van der Waals surface area contributed by atoms with E-state index in [1.165, 1.54) is 19.6 Å². The Morgan fingerprint density at radius 3 is 2.26 bits per heavy atom. The van der Waals surface area contributed by atoms with Crippen molar-refractivity contribution in [1.82, 2.24) is 20.6 Å². The van der Waals surface area contributed by atoms with Gasteiger partial charge < -0.3 is 15.0 Å². The van der Waals surface area contributed by atoms with Gasteiger partial charge in [0, 0.05) is 39.3 Å². The van der Waals surface area contributed by atoms with Crippen LogP contribution in [-0.4, -0.2) is 79.1 Å². The third-order valence-electron chi connectivity index (χ3n) is 5.91. The zero-order valence-electron chi connectivity index (χ0n) is 20.1. The Labute approximate surface area is 205 Å². The number of carbonyl (C=O) groups excluding carboxylic acids is 3. The first kappa shape index (κ1) is 25.9. The lowest BCUT2D eigenvalue weighted by molar-refractivity contribution is -0.140. The number of likely N-dealkylation sites (N-methyl/N-ethyl adjacent to an activating group) is 2. The molecule has 0 aliphatic carbocycles. The second-order valence-electron chi connectivity index (χ2n) is 8.27. The van der Waals surface area contributed by atoms with Gasteiger partial charge in [-0.15, -0.1) is 0 Å². The van der Waals surface area contributed by atoms with Crippen LogP contribution in [0.5, 0.6) is 5.75 Å². The van der Waals surface area contributed by atoms with E-state index >= 15 is 0 Å². The average molecular weight is 481 g/mol. The monoisotopic (exact) mass is 480 g/mol. The van der Waals surface area contributed by atoms with Crippen molar-refractivity contribution in [3.63, 3.8) is 0 Å². The molecule has 1 unspecified atom stereocenters. The topological polar surface area (TPSA) is 111 Å². The number of hydrogen-bond donors (Lipinski definition) is 3. The van der Waals surface area contributed by atoms with E-state index in [1.807, 2.05) is 24.3 Å². The molecule has 0 bridgehead atoms. The highest BCUT2D eigenvalue weighted by atomic mass is 16.5. The number of ether oxygens (including phenoxy) is 1. The fourth-order valence-electron chi connectivity index (χ4n) is 3.91. The summed E-state index contributed by atoms with van der Waals surface area (Å²) < 4.78 is 5.87. The molecule has 1 heterocycles. The molecule has 0 fully saturated rings. The highest BCUT2D eigenvalue weighted by Gasteiger charge is 2.33. The van der Waals surface area contributed by atoms with Crippen LogP contribution >= 0.6 is 0 Å². The zero-order valence-corrected chi connectivity index (χ0v) is 20.1. The fourth-order valence-corrected chi connectivity index (χ4v) is 3.91. The molecule has 0 aromatic heterocycles. The molecule has 9 nitrogen and oxygen atoms in total. The quantitative estimate of drug-likeness (QED) is 0.158. The highest BCUT2D eigenvalue weighted by molar-refractivity contribution is 6.08. The normalized spacial score (nSPS) is 14.1. The van der Waals surface area contributed by atoms with Gasteiger partial charge in [0.15, 0.2) is 6.04 Å². The molecule has 0 radical (unpaired) electrons. The van der Waals surface area contributed by atoms with Crippen molar-refractivity contribution < 1.29 is 24.3 Å². The SMILES string of the molecule is CNC(=O)C(C(=O)NO)N(C)C(=O)c1ccc(-c2ccc(OCCCN3CC=CCC3)cc2)cc1. The predicted octanol–water partition coefficient (Wildman–Crippen LogP) is 2.08. The van der Waals surface area contributed by atoms with Crippen molar-refractivity contribution in [2.24, 2.45) is 0 Å². The Hall–Kier alpha value is -3.69. The van der Waals surface area contributed by atoms with Gasteiger partial charge in [0.25, 0.3) is 17.7 Å². The summed E-state index contributed by atoms with van der Waals surface area (Å²) in [7, 11) is 2.67. The van der Waals surface area contributed by atoms with E-state index < -0.39 is 23.8 Å². The summed E-state index contributed by atoms with van der Waals surface area (Å²) in [4.78, 5) is 40.1. The first-order valence-electron chi connectivity index (χ1n) is 11.6. The number of carbonyl (C=O) groups is 3. The molecule has 186 valence electrons. The molecule has 3 amide bonds. The lowest BCUT2D eigenvalue weighted by Crippen LogP contribution is -2.54. The van der Waals surface area contributed by atoms with Crippen LogP contribution < -0.4 is 15.5 Å². The van der Waals surface area contributed by atoms with Gasteiger partial charge >= 0.3 is 0 Å². The predicted molar refractivity (Wildman–Crippen MR) is 132 cm³/mol. The van der Waals surface area contributed by atoms with Crippen molar-refractivity contribution in [3.8, 4) is 16.9 Å². The number of nitrogens with zero attached hydrogens (tertiary/aromatic N) is 2. The molecule has 0 spiro atoms. The minimum Gasteiger partial charge on any atom is -0.494 e. The molecular weight excluding hydrogens is 448 g/mol. The maximum atomic E-state index is 12.8. The van der Waals surface area contributed by atoms with Crippen LogP contribution in [0.1, 0.15) is 23.2 Å². The summed E-state index contributed by atoms with van der Waals surface area (Å²) >= 11 is 0. The second kappa shape index (κ2) is 12.7. The van der Waals surface area contributed by atoms with Gasteiger partial charge in [-0.25, -0.2) is 5.48 Å². The van der Waals surface area contributed by atoms with E-state index in [1.54, 1.807) is 24.3 Å². The van der Waals surface area contributed by atoms with Gasteiger partial charge in [-0.1, -0.05) is 36.4 Å². The Bertz CT molecular complexity index is 1020. The average Bonchev–Trinajstić information content (AvgIpc) is 2.91. The number of benzene rings is 2. The molecule has 0 saturated carbocycles. The van der Waals surface area contributed by atoms with Gasteiger partial charge in [-0.05, 0) is 48.2 Å². The highest BCUT2D eigenvalue weighted by Crippen LogP contribution is 2.23.